The Kier molecular flexibility index (Phi) is 11.6. The molecule has 1 N–H and O–H groups in total. The molecule has 3 aromatic carbocycles. The Balaban J connectivity index is 1.61. The third-order valence-electron chi connectivity index (χ3n) is 10.6. The Morgan fingerprint density at radius 2 is 1.64 bits per heavy atom. The van der Waals surface area contributed by atoms with Crippen LogP contribution in [0.5, 0.6) is 17.2 Å². The summed E-state index contributed by atoms with van der Waals surface area (Å²) in [5, 5.41) is 9.65. The minimum absolute atomic E-state index is 0.0709. The lowest BCUT2D eigenvalue weighted by molar-refractivity contribution is -0.275. The topological polar surface area (TPSA) is 146 Å². The average molecular weight is 823 g/mol. The number of anilines is 1. The van der Waals surface area contributed by atoms with E-state index in [1.165, 1.54) is 37.3 Å². The third-order valence-corrected chi connectivity index (χ3v) is 12.6. The summed E-state index contributed by atoms with van der Waals surface area (Å²) in [5.74, 6) is -3.86. The summed E-state index contributed by atoms with van der Waals surface area (Å²) in [4.78, 5) is 45.6. The Morgan fingerprint density at radius 1 is 0.929 bits per heavy atom. The van der Waals surface area contributed by atoms with E-state index in [1.54, 1.807) is 37.2 Å². The van der Waals surface area contributed by atoms with Gasteiger partial charge in [-0.25, -0.2) is 12.7 Å². The van der Waals surface area contributed by atoms with Crippen molar-refractivity contribution in [3.8, 4) is 17.2 Å². The van der Waals surface area contributed by atoms with E-state index in [0.29, 0.717) is 61.6 Å². The van der Waals surface area contributed by atoms with Crippen LogP contribution in [0.3, 0.4) is 0 Å². The van der Waals surface area contributed by atoms with Gasteiger partial charge in [0, 0.05) is 49.4 Å². The molecular weight excluding hydrogens is 781 g/mol. The molecule has 0 saturated carbocycles. The third kappa shape index (κ3) is 7.48. The highest BCUT2D eigenvalue weighted by Crippen LogP contribution is 2.55. The molecule has 0 radical (unpaired) electrons. The number of fused-ring (bicyclic) bond motifs is 1. The van der Waals surface area contributed by atoms with Gasteiger partial charge in [0.15, 0.2) is 11.3 Å². The number of ether oxygens (including phenoxy) is 3. The predicted molar refractivity (Wildman–Crippen MR) is 198 cm³/mol. The summed E-state index contributed by atoms with van der Waals surface area (Å²) < 4.78 is 86.7. The maximum Gasteiger partial charge on any atom is 0.573 e. The van der Waals surface area contributed by atoms with Crippen LogP contribution in [-0.4, -0.2) is 106 Å². The number of aliphatic carboxylic acids is 1. The number of piperidine rings is 2. The minimum Gasteiger partial charge on any atom is -0.497 e. The second kappa shape index (κ2) is 15.8. The number of sulfonamides is 1. The zero-order chi connectivity index (χ0) is 40.7. The Morgan fingerprint density at radius 3 is 2.27 bits per heavy atom. The molecule has 302 valence electrons. The number of hydrogen-bond donors (Lipinski definition) is 1. The van der Waals surface area contributed by atoms with Gasteiger partial charge in [-0.15, -0.1) is 13.2 Å². The number of hydrogen-bond acceptors (Lipinski definition) is 10. The molecule has 56 heavy (non-hydrogen) atoms. The summed E-state index contributed by atoms with van der Waals surface area (Å²) in [6, 6.07) is 11.0. The number of carboxylic acids is 1. The number of halogens is 4. The highest BCUT2D eigenvalue weighted by molar-refractivity contribution is 7.93. The van der Waals surface area contributed by atoms with E-state index in [0.717, 1.165) is 18.2 Å². The van der Waals surface area contributed by atoms with Gasteiger partial charge in [0.1, 0.15) is 16.4 Å². The van der Waals surface area contributed by atoms with E-state index in [2.05, 4.69) is 9.64 Å². The van der Waals surface area contributed by atoms with E-state index in [1.807, 2.05) is 0 Å². The highest BCUT2D eigenvalue weighted by atomic mass is 35.5. The molecule has 6 rings (SSSR count). The fraction of sp³-hybridized carbons (Fsp3) is 0.447. The first-order chi connectivity index (χ1) is 26.4. The number of likely N-dealkylation sites (N-methyl/N-ethyl adjacent to an activating group) is 1. The number of methoxy groups -OCH3 is 2. The summed E-state index contributed by atoms with van der Waals surface area (Å²) >= 11 is 6.64. The van der Waals surface area contributed by atoms with Gasteiger partial charge in [-0.05, 0) is 86.8 Å². The lowest BCUT2D eigenvalue weighted by Crippen LogP contribution is -2.62. The standard InChI is InChI=1S/C38H42ClF3N4O9S/c1-43(2)34(47)30-7-5-6-16-45(30)37(28-19-23(8-12-31(28)54-4)22-44-17-14-24(15-18-44)35(48)49)27-20-25(39)9-11-29(27)46(36(37)50)56(51,52)33-13-10-26(53-3)21-32(33)55-38(40,41)42/h8-13,19-21,24,30H,5-7,14-18,22H2,1-4H3,(H,48,49)/t30-,37?/m0/s1. The lowest BCUT2D eigenvalue weighted by atomic mass is 9.78. The number of carboxylic acid groups (broad SMARTS) is 1. The first-order valence-electron chi connectivity index (χ1n) is 17.9. The molecule has 0 aromatic heterocycles. The van der Waals surface area contributed by atoms with Crippen LogP contribution in [0.15, 0.2) is 59.5 Å². The maximum atomic E-state index is 15.8. The Hall–Kier alpha value is -4.58. The van der Waals surface area contributed by atoms with E-state index < -0.39 is 56.4 Å². The largest absolute Gasteiger partial charge is 0.573 e. The fourth-order valence-electron chi connectivity index (χ4n) is 8.03. The molecular formula is C38H42ClF3N4O9S. The van der Waals surface area contributed by atoms with Gasteiger partial charge in [0.05, 0.1) is 31.9 Å². The molecule has 0 bridgehead atoms. The molecule has 2 saturated heterocycles. The van der Waals surface area contributed by atoms with Gasteiger partial charge in [-0.3, -0.25) is 24.2 Å². The molecule has 1 unspecified atom stereocenters. The van der Waals surface area contributed by atoms with Crippen LogP contribution in [0.2, 0.25) is 5.02 Å². The van der Waals surface area contributed by atoms with Crippen LogP contribution in [0.4, 0.5) is 18.9 Å². The summed E-state index contributed by atoms with van der Waals surface area (Å²) in [7, 11) is 0.467. The highest BCUT2D eigenvalue weighted by Gasteiger charge is 2.63. The van der Waals surface area contributed by atoms with Crippen LogP contribution in [0, 0.1) is 5.92 Å². The van der Waals surface area contributed by atoms with Crippen LogP contribution in [0.1, 0.15) is 48.8 Å². The Labute approximate surface area is 327 Å². The van der Waals surface area contributed by atoms with E-state index in [4.69, 9.17) is 21.1 Å². The minimum atomic E-state index is -5.31. The van der Waals surface area contributed by atoms with Gasteiger partial charge in [0.2, 0.25) is 5.91 Å². The van der Waals surface area contributed by atoms with E-state index in [-0.39, 0.29) is 45.8 Å². The van der Waals surface area contributed by atoms with Crippen molar-refractivity contribution in [2.24, 2.45) is 5.92 Å². The SMILES string of the molecule is COc1ccc(S(=O)(=O)N2C(=O)C(c3cc(CN4CCC(C(=O)O)CC4)ccc3OC)(N3CCCC[C@H]3C(=O)N(C)C)c3cc(Cl)ccc32)c(OC(F)(F)F)c1. The quantitative estimate of drug-likeness (QED) is 0.263. The lowest BCUT2D eigenvalue weighted by Gasteiger charge is -2.47. The van der Waals surface area contributed by atoms with Crippen molar-refractivity contribution >= 4 is 45.1 Å². The number of benzene rings is 3. The van der Waals surface area contributed by atoms with Crippen LogP contribution in [-0.2, 0) is 36.5 Å². The number of carbonyl (C=O) groups is 3. The molecule has 13 nitrogen and oxygen atoms in total. The number of amides is 2. The smallest absolute Gasteiger partial charge is 0.497 e. The monoisotopic (exact) mass is 822 g/mol. The van der Waals surface area contributed by atoms with Gasteiger partial charge in [0.25, 0.3) is 15.9 Å². The van der Waals surface area contributed by atoms with Crippen molar-refractivity contribution in [1.29, 1.82) is 0 Å². The predicted octanol–water partition coefficient (Wildman–Crippen LogP) is 5.47. The molecule has 2 amide bonds. The van der Waals surface area contributed by atoms with Gasteiger partial charge < -0.3 is 24.2 Å². The van der Waals surface area contributed by atoms with Crippen molar-refractivity contribution in [1.82, 2.24) is 14.7 Å². The number of rotatable bonds is 11. The van der Waals surface area contributed by atoms with Crippen LogP contribution >= 0.6 is 11.6 Å². The van der Waals surface area contributed by atoms with Crippen molar-refractivity contribution in [3.63, 3.8) is 0 Å². The maximum absolute atomic E-state index is 15.8. The molecule has 3 aliphatic rings. The molecule has 0 spiro atoms. The summed E-state index contributed by atoms with van der Waals surface area (Å²) in [5.41, 5.74) is -1.39. The van der Waals surface area contributed by atoms with E-state index in [9.17, 15) is 36.3 Å². The van der Waals surface area contributed by atoms with Crippen molar-refractivity contribution in [3.05, 3.63) is 76.3 Å². The number of likely N-dealkylation sites (tertiary alicyclic amines) is 2. The molecule has 3 aromatic rings. The Bertz CT molecular complexity index is 2130. The number of alkyl halides is 3. The summed E-state index contributed by atoms with van der Waals surface area (Å²) in [6.45, 7) is 1.45. The molecule has 3 heterocycles. The molecule has 2 atom stereocenters. The first-order valence-corrected chi connectivity index (χ1v) is 19.7. The van der Waals surface area contributed by atoms with Crippen LogP contribution < -0.4 is 18.5 Å². The molecule has 0 aliphatic carbocycles. The zero-order valence-corrected chi connectivity index (χ0v) is 32.7. The van der Waals surface area contributed by atoms with Gasteiger partial charge in [-0.2, -0.15) is 0 Å². The van der Waals surface area contributed by atoms with Crippen molar-refractivity contribution < 1.29 is 55.3 Å². The molecule has 2 fully saturated rings. The van der Waals surface area contributed by atoms with Crippen LogP contribution in [0.25, 0.3) is 0 Å². The molecule has 18 heteroatoms. The normalized spacial score (nSPS) is 21.1. The van der Waals surface area contributed by atoms with Gasteiger partial charge >= 0.3 is 12.3 Å². The summed E-state index contributed by atoms with van der Waals surface area (Å²) in [6.07, 6.45) is -3.01. The fourth-order valence-corrected chi connectivity index (χ4v) is 9.76. The zero-order valence-electron chi connectivity index (χ0n) is 31.1. The first kappa shape index (κ1) is 41.1. The second-order valence-electron chi connectivity index (χ2n) is 14.2. The van der Waals surface area contributed by atoms with Gasteiger partial charge in [-0.1, -0.05) is 24.1 Å². The molecule has 3 aliphatic heterocycles. The second-order valence-corrected chi connectivity index (χ2v) is 16.4. The van der Waals surface area contributed by atoms with E-state index >= 15 is 4.79 Å². The van der Waals surface area contributed by atoms with Crippen molar-refractivity contribution in [2.75, 3.05) is 52.3 Å². The number of nitrogens with zero attached hydrogens (tertiary/aromatic N) is 4. The number of carbonyl (C=O) groups excluding carboxylic acids is 2. The van der Waals surface area contributed by atoms with Crippen molar-refractivity contribution in [2.45, 2.75) is 61.5 Å². The average Bonchev–Trinajstić information content (AvgIpc) is 3.41.